The first-order chi connectivity index (χ1) is 13.2. The monoisotopic (exact) mass is 504 g/mol. The molecule has 2 aromatic rings. The summed E-state index contributed by atoms with van der Waals surface area (Å²) in [5.74, 6) is 2.06. The molecule has 0 saturated heterocycles. The minimum absolute atomic E-state index is 0. The van der Waals surface area contributed by atoms with E-state index in [0.29, 0.717) is 18.9 Å². The van der Waals surface area contributed by atoms with Crippen molar-refractivity contribution in [3.05, 3.63) is 47.1 Å². The van der Waals surface area contributed by atoms with E-state index < -0.39 is 0 Å². The number of benzene rings is 1. The fraction of sp³-hybridized carbons (Fsp3) is 0.500. The van der Waals surface area contributed by atoms with Crippen LogP contribution in [0.2, 0.25) is 0 Å². The Balaban J connectivity index is 0.00000392. The van der Waals surface area contributed by atoms with Gasteiger partial charge in [0.2, 0.25) is 0 Å². The summed E-state index contributed by atoms with van der Waals surface area (Å²) in [5, 5.41) is 10.7. The molecule has 1 aromatic heterocycles. The maximum atomic E-state index is 12.9. The summed E-state index contributed by atoms with van der Waals surface area (Å²) in [6, 6.07) is 6.04. The molecule has 0 amide bonds. The zero-order valence-electron chi connectivity index (χ0n) is 16.8. The Kier molecular flexibility index (Phi) is 11.5. The van der Waals surface area contributed by atoms with Crippen molar-refractivity contribution < 1.29 is 13.7 Å². The number of guanidine groups is 1. The second kappa shape index (κ2) is 13.4. The van der Waals surface area contributed by atoms with Crippen LogP contribution in [0.4, 0.5) is 4.39 Å². The third-order valence-corrected chi connectivity index (χ3v) is 4.04. The number of aliphatic imine (C=N–C) groups is 1. The zero-order valence-corrected chi connectivity index (χ0v) is 19.1. The largest absolute Gasteiger partial charge is 0.494 e. The van der Waals surface area contributed by atoms with Gasteiger partial charge < -0.3 is 19.9 Å². The van der Waals surface area contributed by atoms with Crippen molar-refractivity contribution in [1.82, 2.24) is 15.8 Å². The molecule has 156 valence electrons. The highest BCUT2D eigenvalue weighted by Crippen LogP contribution is 2.16. The molecule has 1 heterocycles. The lowest BCUT2D eigenvalue weighted by Gasteiger charge is -2.12. The molecule has 0 saturated carbocycles. The van der Waals surface area contributed by atoms with E-state index in [9.17, 15) is 4.39 Å². The molecule has 0 radical (unpaired) electrons. The van der Waals surface area contributed by atoms with Crippen LogP contribution in [-0.2, 0) is 19.4 Å². The van der Waals surface area contributed by atoms with Gasteiger partial charge in [-0.15, -0.1) is 24.0 Å². The summed E-state index contributed by atoms with van der Waals surface area (Å²) >= 11 is 0. The molecule has 0 fully saturated rings. The maximum Gasteiger partial charge on any atom is 0.191 e. The molecule has 0 aliphatic heterocycles. The Morgan fingerprint density at radius 1 is 1.14 bits per heavy atom. The SMILES string of the molecule is CCNC(=NCc1c(CC)noc1CC)NCCCOc1ccc(F)cc1.I. The first kappa shape index (κ1) is 24.2. The molecule has 28 heavy (non-hydrogen) atoms. The summed E-state index contributed by atoms with van der Waals surface area (Å²) in [7, 11) is 0. The summed E-state index contributed by atoms with van der Waals surface area (Å²) in [6.45, 7) is 8.73. The van der Waals surface area contributed by atoms with Crippen LogP contribution in [0.1, 0.15) is 44.2 Å². The van der Waals surface area contributed by atoms with Crippen molar-refractivity contribution >= 4 is 29.9 Å². The van der Waals surface area contributed by atoms with Crippen LogP contribution < -0.4 is 15.4 Å². The van der Waals surface area contributed by atoms with E-state index in [1.165, 1.54) is 12.1 Å². The van der Waals surface area contributed by atoms with E-state index in [2.05, 4.69) is 34.6 Å². The Labute approximate surface area is 183 Å². The van der Waals surface area contributed by atoms with Crippen LogP contribution in [0.15, 0.2) is 33.8 Å². The summed E-state index contributed by atoms with van der Waals surface area (Å²) in [5.41, 5.74) is 2.05. The number of hydrogen-bond acceptors (Lipinski definition) is 4. The van der Waals surface area contributed by atoms with Crippen molar-refractivity contribution in [3.63, 3.8) is 0 Å². The lowest BCUT2D eigenvalue weighted by atomic mass is 10.1. The lowest BCUT2D eigenvalue weighted by molar-refractivity contribution is 0.310. The second-order valence-electron chi connectivity index (χ2n) is 6.02. The van der Waals surface area contributed by atoms with Crippen LogP contribution >= 0.6 is 24.0 Å². The Hall–Kier alpha value is -1.84. The van der Waals surface area contributed by atoms with Crippen molar-refractivity contribution in [2.45, 2.75) is 46.6 Å². The number of aromatic nitrogens is 1. The van der Waals surface area contributed by atoms with Crippen molar-refractivity contribution in [2.24, 2.45) is 4.99 Å². The molecule has 0 unspecified atom stereocenters. The van der Waals surface area contributed by atoms with Crippen LogP contribution in [0, 0.1) is 5.82 Å². The first-order valence-corrected chi connectivity index (χ1v) is 9.54. The minimum atomic E-state index is -0.263. The fourth-order valence-electron chi connectivity index (χ4n) is 2.62. The number of nitrogens with one attached hydrogen (secondary N) is 2. The fourth-order valence-corrected chi connectivity index (χ4v) is 2.62. The number of aryl methyl sites for hydroxylation is 2. The third kappa shape index (κ3) is 7.65. The standard InChI is InChI=1S/C20H29FN4O2.HI/c1-4-18-17(19(5-2)27-25-18)14-24-20(22-6-3)23-12-7-13-26-16-10-8-15(21)9-11-16;/h8-11H,4-7,12-14H2,1-3H3,(H2,22,23,24);1H. The van der Waals surface area contributed by atoms with Crippen LogP contribution in [0.3, 0.4) is 0 Å². The van der Waals surface area contributed by atoms with Gasteiger partial charge in [0.1, 0.15) is 17.3 Å². The number of ether oxygens (including phenoxy) is 1. The molecular weight excluding hydrogens is 474 g/mol. The number of rotatable bonds is 10. The van der Waals surface area contributed by atoms with Crippen molar-refractivity contribution in [1.29, 1.82) is 0 Å². The van der Waals surface area contributed by atoms with Gasteiger partial charge in [-0.25, -0.2) is 9.38 Å². The number of nitrogens with zero attached hydrogens (tertiary/aromatic N) is 2. The van der Waals surface area contributed by atoms with Gasteiger partial charge in [0, 0.05) is 25.1 Å². The molecule has 2 rings (SSSR count). The molecule has 1 aromatic carbocycles. The van der Waals surface area contributed by atoms with Gasteiger partial charge in [0.15, 0.2) is 5.96 Å². The Morgan fingerprint density at radius 3 is 2.54 bits per heavy atom. The van der Waals surface area contributed by atoms with E-state index in [1.54, 1.807) is 12.1 Å². The summed E-state index contributed by atoms with van der Waals surface area (Å²) in [4.78, 5) is 4.65. The van der Waals surface area contributed by atoms with E-state index in [4.69, 9.17) is 9.26 Å². The molecule has 0 aliphatic rings. The average molecular weight is 504 g/mol. The van der Waals surface area contributed by atoms with Crippen molar-refractivity contribution in [2.75, 3.05) is 19.7 Å². The zero-order chi connectivity index (χ0) is 19.5. The highest BCUT2D eigenvalue weighted by molar-refractivity contribution is 14.0. The van der Waals surface area contributed by atoms with Gasteiger partial charge in [-0.05, 0) is 44.0 Å². The third-order valence-electron chi connectivity index (χ3n) is 4.04. The summed E-state index contributed by atoms with van der Waals surface area (Å²) in [6.07, 6.45) is 2.44. The first-order valence-electron chi connectivity index (χ1n) is 9.54. The minimum Gasteiger partial charge on any atom is -0.494 e. The van der Waals surface area contributed by atoms with Gasteiger partial charge in [-0.3, -0.25) is 0 Å². The van der Waals surface area contributed by atoms with Gasteiger partial charge in [-0.2, -0.15) is 0 Å². The van der Waals surface area contributed by atoms with Gasteiger partial charge in [0.05, 0.1) is 18.8 Å². The molecule has 0 aliphatic carbocycles. The molecule has 2 N–H and O–H groups in total. The van der Waals surface area contributed by atoms with E-state index in [0.717, 1.165) is 55.3 Å². The van der Waals surface area contributed by atoms with Crippen LogP contribution in [0.25, 0.3) is 0 Å². The molecule has 0 spiro atoms. The average Bonchev–Trinajstić information content (AvgIpc) is 3.09. The molecule has 0 atom stereocenters. The second-order valence-corrected chi connectivity index (χ2v) is 6.02. The predicted octanol–water partition coefficient (Wildman–Crippen LogP) is 4.08. The highest BCUT2D eigenvalue weighted by atomic mass is 127. The lowest BCUT2D eigenvalue weighted by Crippen LogP contribution is -2.38. The maximum absolute atomic E-state index is 12.9. The Bertz CT molecular complexity index is 698. The quantitative estimate of drug-likeness (QED) is 0.221. The number of halogens is 2. The molecule has 6 nitrogen and oxygen atoms in total. The van der Waals surface area contributed by atoms with Gasteiger partial charge >= 0.3 is 0 Å². The normalized spacial score (nSPS) is 11.1. The smallest absolute Gasteiger partial charge is 0.191 e. The molecule has 0 bridgehead atoms. The predicted molar refractivity (Wildman–Crippen MR) is 120 cm³/mol. The van der Waals surface area contributed by atoms with Crippen LogP contribution in [0.5, 0.6) is 5.75 Å². The topological polar surface area (TPSA) is 71.7 Å². The van der Waals surface area contributed by atoms with E-state index in [-0.39, 0.29) is 29.8 Å². The van der Waals surface area contributed by atoms with Gasteiger partial charge in [-0.1, -0.05) is 19.0 Å². The molecular formula is C20H30FIN4O2. The summed E-state index contributed by atoms with van der Waals surface area (Å²) < 4.78 is 23.9. The Morgan fingerprint density at radius 2 is 1.89 bits per heavy atom. The van der Waals surface area contributed by atoms with Gasteiger partial charge in [0.25, 0.3) is 0 Å². The highest BCUT2D eigenvalue weighted by Gasteiger charge is 2.13. The molecule has 8 heteroatoms. The number of hydrogen-bond donors (Lipinski definition) is 2. The van der Waals surface area contributed by atoms with E-state index >= 15 is 0 Å². The van der Waals surface area contributed by atoms with Crippen molar-refractivity contribution in [3.8, 4) is 5.75 Å². The van der Waals surface area contributed by atoms with E-state index in [1.807, 2.05) is 6.92 Å². The van der Waals surface area contributed by atoms with Crippen LogP contribution in [-0.4, -0.2) is 30.8 Å².